The Bertz CT molecular complexity index is 791. The number of pyridine rings is 1. The van der Waals surface area contributed by atoms with Crippen LogP contribution >= 0.6 is 11.3 Å². The second-order valence-electron chi connectivity index (χ2n) is 4.49. The fourth-order valence-electron chi connectivity index (χ4n) is 1.65. The Morgan fingerprint density at radius 1 is 1.26 bits per heavy atom. The molecule has 0 aliphatic heterocycles. The molecule has 0 fully saturated rings. The predicted octanol–water partition coefficient (Wildman–Crippen LogP) is -2.88. The number of halogens is 1. The standard InChI is InChI=1S/C13H13N3O4S2.ClH/c1-22(19,20)15-14-13(18)10-4-2-6-16(8-10)9-11(17)12-5-3-7-21-12;/h2-8,15H,9H2,1H3;1H. The number of nitrogens with one attached hydrogen (secondary N) is 2. The van der Waals surface area contributed by atoms with Gasteiger partial charge in [0, 0.05) is 6.07 Å². The molecule has 2 aromatic heterocycles. The topological polar surface area (TPSA) is 96.2 Å². The van der Waals surface area contributed by atoms with E-state index in [9.17, 15) is 18.0 Å². The second kappa shape index (κ2) is 8.16. The van der Waals surface area contributed by atoms with Crippen molar-refractivity contribution in [3.8, 4) is 0 Å². The van der Waals surface area contributed by atoms with Gasteiger partial charge in [0.2, 0.25) is 22.4 Å². The van der Waals surface area contributed by atoms with E-state index in [1.807, 2.05) is 10.2 Å². The number of amides is 1. The third-order valence-electron chi connectivity index (χ3n) is 2.59. The van der Waals surface area contributed by atoms with Crippen LogP contribution in [-0.4, -0.2) is 26.4 Å². The first-order valence-corrected chi connectivity index (χ1v) is 8.95. The summed E-state index contributed by atoms with van der Waals surface area (Å²) in [4.78, 5) is 26.4. The van der Waals surface area contributed by atoms with Crippen LogP contribution in [0.1, 0.15) is 20.0 Å². The lowest BCUT2D eigenvalue weighted by Gasteiger charge is -2.04. The summed E-state index contributed by atoms with van der Waals surface area (Å²) < 4.78 is 23.4. The lowest BCUT2D eigenvalue weighted by molar-refractivity contribution is -0.683. The van der Waals surface area contributed by atoms with E-state index in [0.717, 1.165) is 6.26 Å². The van der Waals surface area contributed by atoms with E-state index in [1.165, 1.54) is 23.6 Å². The summed E-state index contributed by atoms with van der Waals surface area (Å²) >= 11 is 1.35. The molecule has 7 nitrogen and oxygen atoms in total. The smallest absolute Gasteiger partial charge is 0.272 e. The molecule has 0 aliphatic rings. The lowest BCUT2D eigenvalue weighted by Crippen LogP contribution is -3.00. The fraction of sp³-hybridized carbons (Fsp3) is 0.154. The number of Topliss-reactive ketones (excluding diaryl/α,β-unsaturated/α-hetero) is 1. The third-order valence-corrected chi connectivity index (χ3v) is 3.98. The van der Waals surface area contributed by atoms with Crippen LogP contribution in [0.5, 0.6) is 0 Å². The van der Waals surface area contributed by atoms with Gasteiger partial charge < -0.3 is 12.4 Å². The highest BCUT2D eigenvalue weighted by molar-refractivity contribution is 7.88. The Balaban J connectivity index is 0.00000264. The Morgan fingerprint density at radius 2 is 2.00 bits per heavy atom. The molecule has 0 spiro atoms. The van der Waals surface area contributed by atoms with Crippen molar-refractivity contribution in [2.45, 2.75) is 6.54 Å². The molecule has 1 amide bonds. The number of sulfonamides is 1. The molecular formula is C13H14ClN3O4S2. The van der Waals surface area contributed by atoms with E-state index in [4.69, 9.17) is 0 Å². The molecule has 10 heteroatoms. The number of carbonyl (C=O) groups excluding carboxylic acids is 2. The number of rotatable bonds is 6. The normalized spacial score (nSPS) is 10.7. The molecule has 0 radical (unpaired) electrons. The molecule has 0 bridgehead atoms. The number of thiophene rings is 1. The zero-order valence-corrected chi connectivity index (χ0v) is 14.4. The average molecular weight is 376 g/mol. The molecule has 2 N–H and O–H groups in total. The minimum Gasteiger partial charge on any atom is -1.00 e. The molecule has 124 valence electrons. The van der Waals surface area contributed by atoms with Crippen LogP contribution < -0.4 is 27.2 Å². The zero-order valence-electron chi connectivity index (χ0n) is 12.0. The first-order valence-electron chi connectivity index (χ1n) is 6.18. The van der Waals surface area contributed by atoms with E-state index in [0.29, 0.717) is 4.88 Å². The minimum absolute atomic E-state index is 0. The van der Waals surface area contributed by atoms with E-state index in [1.54, 1.807) is 29.0 Å². The van der Waals surface area contributed by atoms with Crippen LogP contribution in [0.3, 0.4) is 0 Å². The van der Waals surface area contributed by atoms with E-state index >= 15 is 0 Å². The molecule has 0 unspecified atom stereocenters. The summed E-state index contributed by atoms with van der Waals surface area (Å²) in [5.41, 5.74) is 2.31. The van der Waals surface area contributed by atoms with E-state index in [2.05, 4.69) is 5.43 Å². The van der Waals surface area contributed by atoms with Gasteiger partial charge in [-0.3, -0.25) is 15.0 Å². The maximum Gasteiger partial charge on any atom is 0.272 e. The quantitative estimate of drug-likeness (QED) is 0.322. The first-order chi connectivity index (χ1) is 10.3. The highest BCUT2D eigenvalue weighted by Crippen LogP contribution is 2.09. The van der Waals surface area contributed by atoms with Gasteiger partial charge in [-0.2, -0.15) is 4.57 Å². The van der Waals surface area contributed by atoms with Crippen LogP contribution in [0.2, 0.25) is 0 Å². The molecule has 0 aromatic carbocycles. The highest BCUT2D eigenvalue weighted by Gasteiger charge is 2.16. The van der Waals surface area contributed by atoms with Crippen LogP contribution in [-0.2, 0) is 16.6 Å². The fourth-order valence-corrected chi connectivity index (χ4v) is 2.58. The number of aromatic nitrogens is 1. The molecule has 2 heterocycles. The highest BCUT2D eigenvalue weighted by atomic mass is 35.5. The Morgan fingerprint density at radius 3 is 2.61 bits per heavy atom. The number of carbonyl (C=O) groups is 2. The van der Waals surface area contributed by atoms with Gasteiger partial charge in [0.25, 0.3) is 5.91 Å². The number of ketones is 1. The third kappa shape index (κ3) is 6.06. The number of nitrogens with zero attached hydrogens (tertiary/aromatic N) is 1. The summed E-state index contributed by atoms with van der Waals surface area (Å²) in [6.07, 6.45) is 4.06. The Kier molecular flexibility index (Phi) is 6.82. The van der Waals surface area contributed by atoms with Crippen molar-refractivity contribution in [3.63, 3.8) is 0 Å². The number of hydrazine groups is 1. The monoisotopic (exact) mass is 375 g/mol. The van der Waals surface area contributed by atoms with Gasteiger partial charge in [-0.05, 0) is 17.5 Å². The summed E-state index contributed by atoms with van der Waals surface area (Å²) in [5.74, 6) is -0.671. The van der Waals surface area contributed by atoms with Crippen LogP contribution in [0, 0.1) is 0 Å². The van der Waals surface area contributed by atoms with Gasteiger partial charge in [0.05, 0.1) is 11.1 Å². The van der Waals surface area contributed by atoms with Gasteiger partial charge >= 0.3 is 0 Å². The minimum atomic E-state index is -3.53. The van der Waals surface area contributed by atoms with Gasteiger partial charge in [-0.25, -0.2) is 8.42 Å². The van der Waals surface area contributed by atoms with Gasteiger partial charge in [-0.15, -0.1) is 16.2 Å². The van der Waals surface area contributed by atoms with Gasteiger partial charge in [0.15, 0.2) is 12.4 Å². The van der Waals surface area contributed by atoms with Crippen molar-refractivity contribution >= 4 is 33.1 Å². The van der Waals surface area contributed by atoms with E-state index in [-0.39, 0.29) is 30.3 Å². The summed E-state index contributed by atoms with van der Waals surface area (Å²) in [6, 6.07) is 6.66. The largest absolute Gasteiger partial charge is 1.00 e. The summed E-state index contributed by atoms with van der Waals surface area (Å²) in [6.45, 7) is 0.0984. The summed E-state index contributed by atoms with van der Waals surface area (Å²) in [5, 5.41) is 1.82. The van der Waals surface area contributed by atoms with E-state index < -0.39 is 15.9 Å². The van der Waals surface area contributed by atoms with Crippen molar-refractivity contribution in [2.24, 2.45) is 0 Å². The maximum atomic E-state index is 12.0. The van der Waals surface area contributed by atoms with Crippen molar-refractivity contribution in [1.82, 2.24) is 10.3 Å². The maximum absolute atomic E-state index is 12.0. The van der Waals surface area contributed by atoms with Crippen LogP contribution in [0.4, 0.5) is 0 Å². The Labute approximate surface area is 143 Å². The predicted molar refractivity (Wildman–Crippen MR) is 80.7 cm³/mol. The molecule has 23 heavy (non-hydrogen) atoms. The molecule has 0 atom stereocenters. The zero-order chi connectivity index (χ0) is 16.2. The van der Waals surface area contributed by atoms with Gasteiger partial charge in [0.1, 0.15) is 5.56 Å². The molecule has 2 aromatic rings. The molecule has 0 aliphatic carbocycles. The number of hydrogen-bond donors (Lipinski definition) is 2. The van der Waals surface area contributed by atoms with Crippen LogP contribution in [0.15, 0.2) is 42.0 Å². The van der Waals surface area contributed by atoms with Crippen LogP contribution in [0.25, 0.3) is 0 Å². The van der Waals surface area contributed by atoms with Crippen molar-refractivity contribution in [2.75, 3.05) is 6.26 Å². The first kappa shape index (κ1) is 19.2. The lowest BCUT2D eigenvalue weighted by atomic mass is 10.2. The van der Waals surface area contributed by atoms with Crippen molar-refractivity contribution < 1.29 is 35.0 Å². The molecule has 2 rings (SSSR count). The molecule has 0 saturated carbocycles. The molecular weight excluding hydrogens is 362 g/mol. The molecule has 0 saturated heterocycles. The van der Waals surface area contributed by atoms with Crippen molar-refractivity contribution in [3.05, 3.63) is 52.5 Å². The average Bonchev–Trinajstić information content (AvgIpc) is 2.98. The van der Waals surface area contributed by atoms with Gasteiger partial charge in [-0.1, -0.05) is 6.07 Å². The summed E-state index contributed by atoms with van der Waals surface area (Å²) in [7, 11) is -3.53. The van der Waals surface area contributed by atoms with Crippen molar-refractivity contribution in [1.29, 1.82) is 0 Å². The number of hydrogen-bond acceptors (Lipinski definition) is 5. The Hall–Kier alpha value is -1.81. The second-order valence-corrected chi connectivity index (χ2v) is 7.19. The SMILES string of the molecule is CS(=O)(=O)NNC(=O)c1ccc[n+](CC(=O)c2cccs2)c1.[Cl-].